The summed E-state index contributed by atoms with van der Waals surface area (Å²) in [5, 5.41) is 9.31. The number of aryl methyl sites for hydroxylation is 2. The topological polar surface area (TPSA) is 87.8 Å². The number of aromatic carboxylic acids is 1. The van der Waals surface area contributed by atoms with Crippen molar-refractivity contribution in [1.29, 1.82) is 0 Å². The lowest BCUT2D eigenvalue weighted by atomic mass is 10.0. The van der Waals surface area contributed by atoms with Gasteiger partial charge in [0, 0.05) is 12.1 Å². The van der Waals surface area contributed by atoms with Gasteiger partial charge in [0.2, 0.25) is 10.0 Å². The average Bonchev–Trinajstić information content (AvgIpc) is 2.64. The zero-order valence-electron chi connectivity index (χ0n) is 12.7. The standard InChI is InChI=1S/C14H21NO5S/c1-8-6-5-7-9(2)15(8)21(18,19)13-11(4)20-10(3)12(13)14(16)17/h8-9H,5-7H2,1-4H3,(H,16,17)/t8-,9+. The zero-order valence-corrected chi connectivity index (χ0v) is 13.5. The first-order valence-corrected chi connectivity index (χ1v) is 8.48. The molecule has 1 N–H and O–H groups in total. The number of rotatable bonds is 3. The van der Waals surface area contributed by atoms with Crippen molar-refractivity contribution in [1.82, 2.24) is 4.31 Å². The van der Waals surface area contributed by atoms with E-state index in [2.05, 4.69) is 0 Å². The van der Waals surface area contributed by atoms with E-state index in [-0.39, 0.29) is 34.1 Å². The fourth-order valence-corrected chi connectivity index (χ4v) is 5.46. The van der Waals surface area contributed by atoms with E-state index in [1.54, 1.807) is 0 Å². The van der Waals surface area contributed by atoms with Crippen LogP contribution in [-0.4, -0.2) is 35.9 Å². The normalized spacial score (nSPS) is 24.2. The maximum Gasteiger partial charge on any atom is 0.340 e. The zero-order chi connectivity index (χ0) is 15.9. The van der Waals surface area contributed by atoms with E-state index >= 15 is 0 Å². The van der Waals surface area contributed by atoms with Gasteiger partial charge in [-0.05, 0) is 40.5 Å². The summed E-state index contributed by atoms with van der Waals surface area (Å²) in [5.41, 5.74) is -0.252. The third-order valence-electron chi connectivity index (χ3n) is 4.07. The molecule has 0 saturated carbocycles. The molecule has 0 radical (unpaired) electrons. The molecule has 6 nitrogen and oxygen atoms in total. The molecule has 1 aliphatic rings. The molecule has 21 heavy (non-hydrogen) atoms. The Labute approximate surface area is 124 Å². The van der Waals surface area contributed by atoms with E-state index in [1.165, 1.54) is 18.2 Å². The number of carbonyl (C=O) groups is 1. The molecule has 118 valence electrons. The monoisotopic (exact) mass is 315 g/mol. The molecule has 7 heteroatoms. The van der Waals surface area contributed by atoms with Crippen molar-refractivity contribution < 1.29 is 22.7 Å². The van der Waals surface area contributed by atoms with Crippen molar-refractivity contribution in [3.63, 3.8) is 0 Å². The van der Waals surface area contributed by atoms with Crippen LogP contribution < -0.4 is 0 Å². The van der Waals surface area contributed by atoms with Crippen LogP contribution in [0.4, 0.5) is 0 Å². The summed E-state index contributed by atoms with van der Waals surface area (Å²) in [5.74, 6) is -1.02. The van der Waals surface area contributed by atoms with Crippen molar-refractivity contribution in [3.8, 4) is 0 Å². The Morgan fingerprint density at radius 3 is 2.19 bits per heavy atom. The second-order valence-corrected chi connectivity index (χ2v) is 7.47. The predicted molar refractivity (Wildman–Crippen MR) is 76.9 cm³/mol. The maximum atomic E-state index is 13.0. The highest BCUT2D eigenvalue weighted by atomic mass is 32.2. The van der Waals surface area contributed by atoms with Gasteiger partial charge in [0.05, 0.1) is 0 Å². The highest BCUT2D eigenvalue weighted by molar-refractivity contribution is 7.89. The van der Waals surface area contributed by atoms with Gasteiger partial charge in [-0.25, -0.2) is 13.2 Å². The van der Waals surface area contributed by atoms with Gasteiger partial charge in [-0.15, -0.1) is 0 Å². The summed E-state index contributed by atoms with van der Waals surface area (Å²) in [6.07, 6.45) is 2.53. The number of hydrogen-bond donors (Lipinski definition) is 1. The molecule has 0 unspecified atom stereocenters. The second-order valence-electron chi connectivity index (χ2n) is 5.69. The van der Waals surface area contributed by atoms with Crippen LogP contribution in [0.15, 0.2) is 9.31 Å². The molecule has 1 aliphatic heterocycles. The number of furan rings is 1. The van der Waals surface area contributed by atoms with Crippen LogP contribution in [-0.2, 0) is 10.0 Å². The Morgan fingerprint density at radius 1 is 1.19 bits per heavy atom. The molecule has 2 heterocycles. The van der Waals surface area contributed by atoms with E-state index in [1.807, 2.05) is 13.8 Å². The number of sulfonamides is 1. The molecule has 0 amide bonds. The lowest BCUT2D eigenvalue weighted by molar-refractivity contribution is 0.0690. The average molecular weight is 315 g/mol. The first kappa shape index (κ1) is 16.0. The number of carboxylic acid groups (broad SMARTS) is 1. The van der Waals surface area contributed by atoms with E-state index < -0.39 is 16.0 Å². The van der Waals surface area contributed by atoms with Gasteiger partial charge in [0.25, 0.3) is 0 Å². The van der Waals surface area contributed by atoms with Gasteiger partial charge in [0.15, 0.2) is 0 Å². The molecule has 0 aromatic carbocycles. The minimum absolute atomic E-state index is 0.121. The third-order valence-corrected chi connectivity index (χ3v) is 6.35. The van der Waals surface area contributed by atoms with Gasteiger partial charge >= 0.3 is 5.97 Å². The lowest BCUT2D eigenvalue weighted by Gasteiger charge is -2.37. The van der Waals surface area contributed by atoms with Crippen LogP contribution >= 0.6 is 0 Å². The highest BCUT2D eigenvalue weighted by Crippen LogP contribution is 2.34. The van der Waals surface area contributed by atoms with E-state index in [0.29, 0.717) is 0 Å². The molecule has 2 atom stereocenters. The van der Waals surface area contributed by atoms with Crippen molar-refractivity contribution in [2.45, 2.75) is 63.9 Å². The molecule has 1 fully saturated rings. The molecule has 0 aliphatic carbocycles. The predicted octanol–water partition coefficient (Wildman–Crippen LogP) is 2.55. The van der Waals surface area contributed by atoms with Crippen LogP contribution in [0.3, 0.4) is 0 Å². The van der Waals surface area contributed by atoms with Crippen molar-refractivity contribution in [3.05, 3.63) is 17.1 Å². The van der Waals surface area contributed by atoms with E-state index in [4.69, 9.17) is 4.42 Å². The maximum absolute atomic E-state index is 13.0. The summed E-state index contributed by atoms with van der Waals surface area (Å²) >= 11 is 0. The minimum Gasteiger partial charge on any atom is -0.478 e. The van der Waals surface area contributed by atoms with Crippen molar-refractivity contribution in [2.75, 3.05) is 0 Å². The Bertz CT molecular complexity index is 651. The summed E-state index contributed by atoms with van der Waals surface area (Å²) in [4.78, 5) is 11.2. The van der Waals surface area contributed by atoms with Crippen LogP contribution in [0.1, 0.15) is 55.0 Å². The van der Waals surface area contributed by atoms with Crippen molar-refractivity contribution >= 4 is 16.0 Å². The lowest BCUT2D eigenvalue weighted by Crippen LogP contribution is -2.47. The molecular weight excluding hydrogens is 294 g/mol. The van der Waals surface area contributed by atoms with Crippen LogP contribution in [0.2, 0.25) is 0 Å². The molecular formula is C14H21NO5S. The molecule has 2 rings (SSSR count). The summed E-state index contributed by atoms with van der Waals surface area (Å²) in [7, 11) is -3.89. The van der Waals surface area contributed by atoms with Gasteiger partial charge in [-0.1, -0.05) is 6.42 Å². The Hall–Kier alpha value is -1.34. The summed E-state index contributed by atoms with van der Waals surface area (Å²) < 4.78 is 32.6. The first-order valence-electron chi connectivity index (χ1n) is 7.04. The van der Waals surface area contributed by atoms with Crippen molar-refractivity contribution in [2.24, 2.45) is 0 Å². The molecule has 1 aromatic rings. The quantitative estimate of drug-likeness (QED) is 0.926. The fourth-order valence-electron chi connectivity index (χ4n) is 3.20. The van der Waals surface area contributed by atoms with Crippen LogP contribution in [0.5, 0.6) is 0 Å². The fraction of sp³-hybridized carbons (Fsp3) is 0.643. The number of carboxylic acids is 1. The summed E-state index contributed by atoms with van der Waals surface area (Å²) in [6, 6.07) is -0.287. The smallest absolute Gasteiger partial charge is 0.340 e. The first-order chi connectivity index (χ1) is 9.67. The summed E-state index contributed by atoms with van der Waals surface area (Å²) in [6.45, 7) is 6.68. The SMILES string of the molecule is Cc1oc(C)c(S(=O)(=O)N2[C@H](C)CCC[C@@H]2C)c1C(=O)O. The van der Waals surface area contributed by atoms with Crippen LogP contribution in [0, 0.1) is 13.8 Å². The number of hydrogen-bond acceptors (Lipinski definition) is 4. The minimum atomic E-state index is -3.89. The van der Waals surface area contributed by atoms with Gasteiger partial charge in [-0.3, -0.25) is 0 Å². The van der Waals surface area contributed by atoms with Gasteiger partial charge in [-0.2, -0.15) is 4.31 Å². The highest BCUT2D eigenvalue weighted by Gasteiger charge is 2.40. The Balaban J connectivity index is 2.62. The molecule has 1 aromatic heterocycles. The van der Waals surface area contributed by atoms with Crippen LogP contribution in [0.25, 0.3) is 0 Å². The van der Waals surface area contributed by atoms with Gasteiger partial charge < -0.3 is 9.52 Å². The van der Waals surface area contributed by atoms with E-state index in [0.717, 1.165) is 19.3 Å². The molecule has 0 bridgehead atoms. The molecule has 0 spiro atoms. The second kappa shape index (κ2) is 5.46. The Morgan fingerprint density at radius 2 is 1.71 bits per heavy atom. The number of nitrogens with zero attached hydrogens (tertiary/aromatic N) is 1. The molecule has 1 saturated heterocycles. The third kappa shape index (κ3) is 2.60. The van der Waals surface area contributed by atoms with Gasteiger partial charge in [0.1, 0.15) is 22.0 Å². The number of piperidine rings is 1. The van der Waals surface area contributed by atoms with E-state index in [9.17, 15) is 18.3 Å². The largest absolute Gasteiger partial charge is 0.478 e. The Kier molecular flexibility index (Phi) is 4.17.